The lowest BCUT2D eigenvalue weighted by Gasteiger charge is -2.45. The molecule has 0 bridgehead atoms. The Bertz CT molecular complexity index is 989. The first-order chi connectivity index (χ1) is 17.9. The number of hydrogen-bond donors (Lipinski definition) is 2. The van der Waals surface area contributed by atoms with E-state index in [1.165, 1.54) is 10.4 Å². The van der Waals surface area contributed by atoms with Gasteiger partial charge in [-0.1, -0.05) is 102 Å². The second-order valence-electron chi connectivity index (χ2n) is 13.6. The maximum Gasteiger partial charge on any atom is 0.308 e. The summed E-state index contributed by atoms with van der Waals surface area (Å²) in [6, 6.07) is 21.0. The molecule has 0 aliphatic rings. The highest BCUT2D eigenvalue weighted by atomic mass is 28.4. The maximum atomic E-state index is 11.9. The van der Waals surface area contributed by atoms with Crippen molar-refractivity contribution in [1.82, 2.24) is 0 Å². The van der Waals surface area contributed by atoms with E-state index in [4.69, 9.17) is 8.85 Å². The van der Waals surface area contributed by atoms with Crippen LogP contribution in [0.4, 0.5) is 0 Å². The van der Waals surface area contributed by atoms with Gasteiger partial charge in [-0.15, -0.1) is 0 Å². The molecule has 2 aromatic carbocycles. The fraction of sp³-hybridized carbons (Fsp3) is 0.594. The SMILES string of the molecule is C[C@@H](C[C@@H](O)CC[C@H](O[Si](C)(C)C(C)(C)C)[C@@H](C)C(=O)O)O[Si](c1ccccc1)(c1ccccc1)C(C)(C)C. The molecule has 0 saturated carbocycles. The van der Waals surface area contributed by atoms with Crippen molar-refractivity contribution in [3.05, 3.63) is 60.7 Å². The summed E-state index contributed by atoms with van der Waals surface area (Å²) in [6.07, 6.45) is 0.177. The Balaban J connectivity index is 2.25. The van der Waals surface area contributed by atoms with Gasteiger partial charge in [-0.2, -0.15) is 0 Å². The van der Waals surface area contributed by atoms with E-state index < -0.39 is 40.7 Å². The molecule has 0 unspecified atom stereocenters. The van der Waals surface area contributed by atoms with Gasteiger partial charge in [-0.05, 0) is 66.7 Å². The van der Waals surface area contributed by atoms with Gasteiger partial charge in [-0.25, -0.2) is 0 Å². The smallest absolute Gasteiger partial charge is 0.308 e. The molecular formula is C32H52O5Si2. The van der Waals surface area contributed by atoms with Crippen molar-refractivity contribution < 1.29 is 23.9 Å². The topological polar surface area (TPSA) is 76.0 Å². The Morgan fingerprint density at radius 2 is 1.26 bits per heavy atom. The minimum absolute atomic E-state index is 0.0275. The van der Waals surface area contributed by atoms with Gasteiger partial charge in [0.25, 0.3) is 8.32 Å². The van der Waals surface area contributed by atoms with Crippen LogP contribution in [0.25, 0.3) is 0 Å². The number of aliphatic hydroxyl groups is 1. The summed E-state index contributed by atoms with van der Waals surface area (Å²) in [5.74, 6) is -1.51. The zero-order valence-electron chi connectivity index (χ0n) is 25.8. The van der Waals surface area contributed by atoms with Crippen molar-refractivity contribution in [2.24, 2.45) is 5.92 Å². The van der Waals surface area contributed by atoms with Crippen LogP contribution in [0.3, 0.4) is 0 Å². The third-order valence-corrected chi connectivity index (χ3v) is 18.0. The average Bonchev–Trinajstić information content (AvgIpc) is 2.84. The van der Waals surface area contributed by atoms with Crippen LogP contribution in [-0.2, 0) is 13.6 Å². The van der Waals surface area contributed by atoms with Crippen LogP contribution in [0, 0.1) is 5.92 Å². The number of benzene rings is 2. The Kier molecular flexibility index (Phi) is 11.4. The summed E-state index contributed by atoms with van der Waals surface area (Å²) in [6.45, 7) is 21.2. The van der Waals surface area contributed by atoms with Crippen molar-refractivity contribution in [3.63, 3.8) is 0 Å². The minimum Gasteiger partial charge on any atom is -0.481 e. The lowest BCUT2D eigenvalue weighted by Crippen LogP contribution is -2.67. The molecule has 2 rings (SSSR count). The number of hydrogen-bond acceptors (Lipinski definition) is 4. The zero-order valence-corrected chi connectivity index (χ0v) is 27.8. The highest BCUT2D eigenvalue weighted by Gasteiger charge is 2.51. The Hall–Kier alpha value is -1.78. The Labute approximate surface area is 239 Å². The molecule has 5 nitrogen and oxygen atoms in total. The summed E-state index contributed by atoms with van der Waals surface area (Å²) in [4.78, 5) is 11.9. The average molecular weight is 573 g/mol. The number of carboxylic acids is 1. The Morgan fingerprint density at radius 1 is 0.795 bits per heavy atom. The molecule has 0 amide bonds. The van der Waals surface area contributed by atoms with Crippen LogP contribution in [0.5, 0.6) is 0 Å². The Morgan fingerprint density at radius 3 is 1.64 bits per heavy atom. The van der Waals surface area contributed by atoms with Crippen molar-refractivity contribution >= 4 is 33.0 Å². The number of carbonyl (C=O) groups is 1. The largest absolute Gasteiger partial charge is 0.481 e. The molecule has 0 saturated heterocycles. The van der Waals surface area contributed by atoms with E-state index in [1.807, 2.05) is 19.1 Å². The zero-order chi connectivity index (χ0) is 29.6. The molecule has 0 radical (unpaired) electrons. The summed E-state index contributed by atoms with van der Waals surface area (Å²) in [5, 5.41) is 23.1. The van der Waals surface area contributed by atoms with Crippen LogP contribution < -0.4 is 10.4 Å². The molecule has 0 heterocycles. The third-order valence-electron chi connectivity index (χ3n) is 8.38. The number of aliphatic hydroxyl groups excluding tert-OH is 1. The summed E-state index contributed by atoms with van der Waals surface area (Å²) in [5.41, 5.74) is 0. The second-order valence-corrected chi connectivity index (χ2v) is 22.6. The van der Waals surface area contributed by atoms with Crippen molar-refractivity contribution in [3.8, 4) is 0 Å². The van der Waals surface area contributed by atoms with Crippen molar-refractivity contribution in [1.29, 1.82) is 0 Å². The molecule has 0 aromatic heterocycles. The van der Waals surface area contributed by atoms with Crippen LogP contribution in [0.15, 0.2) is 60.7 Å². The first-order valence-electron chi connectivity index (χ1n) is 14.3. The second kappa shape index (κ2) is 13.3. The number of rotatable bonds is 13. The predicted molar refractivity (Wildman–Crippen MR) is 167 cm³/mol. The van der Waals surface area contributed by atoms with Crippen molar-refractivity contribution in [2.75, 3.05) is 0 Å². The van der Waals surface area contributed by atoms with Crippen molar-refractivity contribution in [2.45, 2.75) is 116 Å². The molecule has 218 valence electrons. The first kappa shape index (κ1) is 33.4. The van der Waals surface area contributed by atoms with Gasteiger partial charge in [0, 0.05) is 6.10 Å². The van der Waals surface area contributed by atoms with Crippen LogP contribution in [-0.4, -0.2) is 51.1 Å². The van der Waals surface area contributed by atoms with Crippen LogP contribution >= 0.6 is 0 Å². The van der Waals surface area contributed by atoms with E-state index >= 15 is 0 Å². The lowest BCUT2D eigenvalue weighted by atomic mass is 9.97. The predicted octanol–water partition coefficient (Wildman–Crippen LogP) is 6.59. The van der Waals surface area contributed by atoms with E-state index in [0.29, 0.717) is 19.3 Å². The standard InChI is InChI=1S/C32H52O5Si2/c1-24(23-26(33)21-22-29(25(2)30(34)35)37-38(9,10)31(3,4)5)36-39(32(6,7)8,27-17-13-11-14-18-27)28-19-15-12-16-20-28/h11-20,24-26,29,33H,21-23H2,1-10H3,(H,34,35)/t24-,25+,26-,29-/m0/s1. The molecule has 4 atom stereocenters. The molecule has 0 spiro atoms. The summed E-state index contributed by atoms with van der Waals surface area (Å²) in [7, 11) is -4.89. The molecular weight excluding hydrogens is 521 g/mol. The van der Waals surface area contributed by atoms with Gasteiger partial charge < -0.3 is 19.1 Å². The van der Waals surface area contributed by atoms with E-state index in [0.717, 1.165) is 0 Å². The fourth-order valence-electron chi connectivity index (χ4n) is 5.02. The highest BCUT2D eigenvalue weighted by Crippen LogP contribution is 2.40. The third kappa shape index (κ3) is 8.36. The van der Waals surface area contributed by atoms with Gasteiger partial charge in [0.15, 0.2) is 8.32 Å². The molecule has 2 aromatic rings. The quantitative estimate of drug-likeness (QED) is 0.265. The first-order valence-corrected chi connectivity index (χ1v) is 19.1. The minimum atomic E-state index is -2.72. The van der Waals surface area contributed by atoms with Gasteiger partial charge in [0.05, 0.1) is 18.1 Å². The number of aliphatic carboxylic acids is 1. The highest BCUT2D eigenvalue weighted by molar-refractivity contribution is 6.99. The molecule has 0 fully saturated rings. The van der Waals surface area contributed by atoms with E-state index in [1.54, 1.807) is 6.92 Å². The van der Waals surface area contributed by atoms with Gasteiger partial charge in [-0.3, -0.25) is 4.79 Å². The molecule has 2 N–H and O–H groups in total. The van der Waals surface area contributed by atoms with Crippen LogP contribution in [0.2, 0.25) is 23.2 Å². The fourth-order valence-corrected chi connectivity index (χ4v) is 11.2. The van der Waals surface area contributed by atoms with E-state index in [-0.39, 0.29) is 16.2 Å². The monoisotopic (exact) mass is 572 g/mol. The molecule has 39 heavy (non-hydrogen) atoms. The lowest BCUT2D eigenvalue weighted by molar-refractivity contribution is -0.144. The van der Waals surface area contributed by atoms with E-state index in [2.05, 4.69) is 103 Å². The van der Waals surface area contributed by atoms with Gasteiger partial charge in [0.2, 0.25) is 0 Å². The van der Waals surface area contributed by atoms with E-state index in [9.17, 15) is 15.0 Å². The van der Waals surface area contributed by atoms with Crippen LogP contribution in [0.1, 0.15) is 74.7 Å². The molecule has 7 heteroatoms. The van der Waals surface area contributed by atoms with Gasteiger partial charge in [0.1, 0.15) is 0 Å². The number of carboxylic acid groups (broad SMARTS) is 1. The summed E-state index contributed by atoms with van der Waals surface area (Å²) < 4.78 is 13.7. The van der Waals surface area contributed by atoms with Gasteiger partial charge >= 0.3 is 5.97 Å². The normalized spacial score (nSPS) is 16.4. The summed E-state index contributed by atoms with van der Waals surface area (Å²) >= 11 is 0. The molecule has 0 aliphatic carbocycles. The molecule has 0 aliphatic heterocycles. The maximum absolute atomic E-state index is 11.9.